The highest BCUT2D eigenvalue weighted by molar-refractivity contribution is 6.74. The standard InChI is InChI=1S/C16H30O2Si/c1-7-8-9-10-11-12-13-15(14-17)18-19(5,6)16(2,3)4/h8-9,11-12,14-15H,7,10,13H2,1-6H3/b9-8-,12-11-/t15-/m0/s1. The molecule has 0 spiro atoms. The van der Waals surface area contributed by atoms with Gasteiger partial charge in [-0.15, -0.1) is 0 Å². The van der Waals surface area contributed by atoms with Gasteiger partial charge in [-0.1, -0.05) is 52.0 Å². The summed E-state index contributed by atoms with van der Waals surface area (Å²) in [6.45, 7) is 13.0. The van der Waals surface area contributed by atoms with Crippen molar-refractivity contribution in [2.45, 2.75) is 71.2 Å². The van der Waals surface area contributed by atoms with Gasteiger partial charge in [-0.25, -0.2) is 0 Å². The molecule has 110 valence electrons. The molecule has 0 N–H and O–H groups in total. The quantitative estimate of drug-likeness (QED) is 0.360. The maximum Gasteiger partial charge on any atom is 0.193 e. The molecule has 1 atom stereocenters. The fourth-order valence-corrected chi connectivity index (χ4v) is 2.62. The normalized spacial score (nSPS) is 15.3. The molecule has 0 aliphatic rings. The summed E-state index contributed by atoms with van der Waals surface area (Å²) in [5.74, 6) is 0. The van der Waals surface area contributed by atoms with E-state index in [-0.39, 0.29) is 11.1 Å². The highest BCUT2D eigenvalue weighted by atomic mass is 28.4. The average Bonchev–Trinajstić information content (AvgIpc) is 2.30. The van der Waals surface area contributed by atoms with Crippen molar-refractivity contribution in [3.8, 4) is 0 Å². The summed E-state index contributed by atoms with van der Waals surface area (Å²) in [5.41, 5.74) is 0. The number of rotatable bonds is 8. The Morgan fingerprint density at radius 3 is 2.16 bits per heavy atom. The number of carbonyl (C=O) groups is 1. The average molecular weight is 282 g/mol. The molecule has 0 bridgehead atoms. The Morgan fingerprint density at radius 2 is 1.68 bits per heavy atom. The van der Waals surface area contributed by atoms with Gasteiger partial charge < -0.3 is 9.22 Å². The van der Waals surface area contributed by atoms with Crippen molar-refractivity contribution < 1.29 is 9.22 Å². The number of hydrogen-bond donors (Lipinski definition) is 0. The number of aldehydes is 1. The molecule has 0 aliphatic carbocycles. The predicted octanol–water partition coefficient (Wildman–Crippen LogP) is 4.88. The van der Waals surface area contributed by atoms with E-state index in [1.807, 2.05) is 6.08 Å². The van der Waals surface area contributed by atoms with E-state index in [1.165, 1.54) is 0 Å². The highest BCUT2D eigenvalue weighted by Crippen LogP contribution is 2.37. The number of carbonyl (C=O) groups excluding carboxylic acids is 1. The van der Waals surface area contributed by atoms with E-state index in [4.69, 9.17) is 4.43 Å². The van der Waals surface area contributed by atoms with Crippen molar-refractivity contribution in [2.24, 2.45) is 0 Å². The molecule has 0 unspecified atom stereocenters. The van der Waals surface area contributed by atoms with E-state index >= 15 is 0 Å². The lowest BCUT2D eigenvalue weighted by atomic mass is 10.2. The lowest BCUT2D eigenvalue weighted by molar-refractivity contribution is -0.114. The van der Waals surface area contributed by atoms with Gasteiger partial charge in [0, 0.05) is 0 Å². The van der Waals surface area contributed by atoms with Crippen LogP contribution in [-0.2, 0) is 9.22 Å². The van der Waals surface area contributed by atoms with Crippen LogP contribution in [-0.4, -0.2) is 20.7 Å². The summed E-state index contributed by atoms with van der Waals surface area (Å²) in [4.78, 5) is 11.1. The number of allylic oxidation sites excluding steroid dienone is 3. The molecule has 3 heteroatoms. The SMILES string of the molecule is CC/C=C\C/C=C\C[C@@H](C=O)O[Si](C)(C)C(C)(C)C. The largest absolute Gasteiger partial charge is 0.407 e. The van der Waals surface area contributed by atoms with Gasteiger partial charge in [0.1, 0.15) is 12.4 Å². The maximum absolute atomic E-state index is 11.1. The summed E-state index contributed by atoms with van der Waals surface area (Å²) in [7, 11) is -1.85. The van der Waals surface area contributed by atoms with Gasteiger partial charge in [-0.2, -0.15) is 0 Å². The van der Waals surface area contributed by atoms with E-state index in [9.17, 15) is 4.79 Å². The van der Waals surface area contributed by atoms with Crippen LogP contribution in [0.25, 0.3) is 0 Å². The molecule has 0 aromatic carbocycles. The molecular weight excluding hydrogens is 252 g/mol. The Morgan fingerprint density at radius 1 is 1.11 bits per heavy atom. The Hall–Kier alpha value is -0.673. The molecule has 0 aliphatic heterocycles. The second-order valence-corrected chi connectivity index (χ2v) is 11.1. The molecule has 0 aromatic heterocycles. The van der Waals surface area contributed by atoms with Gasteiger partial charge in [0.25, 0.3) is 0 Å². The van der Waals surface area contributed by atoms with E-state index in [0.717, 1.165) is 19.1 Å². The van der Waals surface area contributed by atoms with Crippen LogP contribution in [0.2, 0.25) is 18.1 Å². The highest BCUT2D eigenvalue weighted by Gasteiger charge is 2.38. The lowest BCUT2D eigenvalue weighted by Crippen LogP contribution is -2.44. The summed E-state index contributed by atoms with van der Waals surface area (Å²) in [5, 5.41) is 0.141. The van der Waals surface area contributed by atoms with Crippen molar-refractivity contribution in [2.75, 3.05) is 0 Å². The first kappa shape index (κ1) is 18.3. The van der Waals surface area contributed by atoms with Crippen LogP contribution in [0.15, 0.2) is 24.3 Å². The Labute approximate surface area is 120 Å². The topological polar surface area (TPSA) is 26.3 Å². The van der Waals surface area contributed by atoms with Crippen molar-refractivity contribution in [1.29, 1.82) is 0 Å². The van der Waals surface area contributed by atoms with E-state index in [2.05, 4.69) is 59.0 Å². The van der Waals surface area contributed by atoms with Crippen LogP contribution in [0.3, 0.4) is 0 Å². The zero-order valence-electron chi connectivity index (χ0n) is 13.4. The summed E-state index contributed by atoms with van der Waals surface area (Å²) in [6.07, 6.45) is 11.7. The first-order valence-electron chi connectivity index (χ1n) is 7.17. The zero-order chi connectivity index (χ0) is 14.9. The van der Waals surface area contributed by atoms with Crippen LogP contribution in [0.4, 0.5) is 0 Å². The van der Waals surface area contributed by atoms with Gasteiger partial charge in [0.2, 0.25) is 0 Å². The fourth-order valence-electron chi connectivity index (χ4n) is 1.35. The molecule has 0 saturated heterocycles. The molecule has 0 fully saturated rings. The van der Waals surface area contributed by atoms with Crippen LogP contribution < -0.4 is 0 Å². The Bertz CT molecular complexity index is 311. The zero-order valence-corrected chi connectivity index (χ0v) is 14.4. The van der Waals surface area contributed by atoms with Gasteiger partial charge in [-0.3, -0.25) is 0 Å². The van der Waals surface area contributed by atoms with Gasteiger partial charge in [-0.05, 0) is 37.4 Å². The molecule has 0 rings (SSSR count). The summed E-state index contributed by atoms with van der Waals surface area (Å²) >= 11 is 0. The first-order chi connectivity index (χ1) is 8.74. The van der Waals surface area contributed by atoms with E-state index < -0.39 is 8.32 Å². The van der Waals surface area contributed by atoms with Crippen molar-refractivity contribution in [1.82, 2.24) is 0 Å². The molecule has 19 heavy (non-hydrogen) atoms. The van der Waals surface area contributed by atoms with Crippen molar-refractivity contribution in [3.05, 3.63) is 24.3 Å². The first-order valence-corrected chi connectivity index (χ1v) is 10.1. The van der Waals surface area contributed by atoms with Gasteiger partial charge >= 0.3 is 0 Å². The Balaban J connectivity index is 4.30. The van der Waals surface area contributed by atoms with Crippen LogP contribution in [0.1, 0.15) is 47.0 Å². The molecule has 0 saturated carbocycles. The van der Waals surface area contributed by atoms with Crippen LogP contribution in [0, 0.1) is 0 Å². The van der Waals surface area contributed by atoms with Crippen molar-refractivity contribution in [3.63, 3.8) is 0 Å². The van der Waals surface area contributed by atoms with Crippen LogP contribution in [0.5, 0.6) is 0 Å². The smallest absolute Gasteiger partial charge is 0.193 e. The summed E-state index contributed by atoms with van der Waals surface area (Å²) in [6, 6.07) is 0. The van der Waals surface area contributed by atoms with Crippen LogP contribution >= 0.6 is 0 Å². The third kappa shape index (κ3) is 7.48. The minimum atomic E-state index is -1.85. The van der Waals surface area contributed by atoms with Gasteiger partial charge in [0.05, 0.1) is 0 Å². The molecule has 0 radical (unpaired) electrons. The van der Waals surface area contributed by atoms with E-state index in [0.29, 0.717) is 6.42 Å². The molecule has 0 aromatic rings. The number of hydrogen-bond acceptors (Lipinski definition) is 2. The third-order valence-corrected chi connectivity index (χ3v) is 8.12. The maximum atomic E-state index is 11.1. The van der Waals surface area contributed by atoms with Gasteiger partial charge in [0.15, 0.2) is 8.32 Å². The minimum absolute atomic E-state index is 0.141. The fraction of sp³-hybridized carbons (Fsp3) is 0.688. The monoisotopic (exact) mass is 282 g/mol. The molecule has 0 heterocycles. The second-order valence-electron chi connectivity index (χ2n) is 6.38. The molecular formula is C16H30O2Si. The summed E-state index contributed by atoms with van der Waals surface area (Å²) < 4.78 is 6.08. The predicted molar refractivity (Wildman–Crippen MR) is 85.9 cm³/mol. The van der Waals surface area contributed by atoms with E-state index in [1.54, 1.807) is 0 Å². The third-order valence-electron chi connectivity index (χ3n) is 3.61. The second kappa shape index (κ2) is 8.49. The molecule has 0 amide bonds. The lowest BCUT2D eigenvalue weighted by Gasteiger charge is -2.37. The molecule has 2 nitrogen and oxygen atoms in total. The van der Waals surface area contributed by atoms with Crippen molar-refractivity contribution >= 4 is 14.6 Å². The Kier molecular flexibility index (Phi) is 8.19. The minimum Gasteiger partial charge on any atom is -0.407 e.